The standard InChI is InChI=1S/C16H16FN3O4/c1-10-4-5-11(6-13(10)17)9-19(2)15-14(20(22)23)7-12(8-18-15)16(21)24-3/h4-8H,9H2,1-3H3. The van der Waals surface area contributed by atoms with Crippen LogP contribution in [0.2, 0.25) is 0 Å². The van der Waals surface area contributed by atoms with E-state index >= 15 is 0 Å². The van der Waals surface area contributed by atoms with Crippen LogP contribution in [0.3, 0.4) is 0 Å². The number of methoxy groups -OCH3 is 1. The lowest BCUT2D eigenvalue weighted by atomic mass is 10.1. The molecule has 2 rings (SSSR count). The second-order valence-corrected chi connectivity index (χ2v) is 5.26. The van der Waals surface area contributed by atoms with E-state index in [4.69, 9.17) is 0 Å². The number of anilines is 1. The minimum atomic E-state index is -0.708. The van der Waals surface area contributed by atoms with E-state index in [0.29, 0.717) is 11.1 Å². The van der Waals surface area contributed by atoms with Crippen molar-refractivity contribution in [1.82, 2.24) is 4.98 Å². The number of hydrogen-bond acceptors (Lipinski definition) is 6. The van der Waals surface area contributed by atoms with Crippen LogP contribution in [0.1, 0.15) is 21.5 Å². The van der Waals surface area contributed by atoms with Crippen molar-refractivity contribution in [3.05, 3.63) is 63.1 Å². The number of ether oxygens (including phenoxy) is 1. The van der Waals surface area contributed by atoms with E-state index in [1.807, 2.05) is 0 Å². The molecule has 0 fully saturated rings. The van der Waals surface area contributed by atoms with Gasteiger partial charge in [-0.25, -0.2) is 14.2 Å². The number of rotatable bonds is 5. The van der Waals surface area contributed by atoms with Crippen molar-refractivity contribution in [2.75, 3.05) is 19.1 Å². The molecule has 0 N–H and O–H groups in total. The van der Waals surface area contributed by atoms with Gasteiger partial charge < -0.3 is 9.64 Å². The summed E-state index contributed by atoms with van der Waals surface area (Å²) in [6.07, 6.45) is 1.21. The molecular weight excluding hydrogens is 317 g/mol. The number of nitro groups is 1. The molecule has 0 aliphatic rings. The Kier molecular flexibility index (Phi) is 5.08. The number of pyridine rings is 1. The van der Waals surface area contributed by atoms with Gasteiger partial charge in [0, 0.05) is 25.9 Å². The van der Waals surface area contributed by atoms with E-state index in [-0.39, 0.29) is 29.4 Å². The van der Waals surface area contributed by atoms with Crippen LogP contribution in [0.4, 0.5) is 15.9 Å². The van der Waals surface area contributed by atoms with Crippen LogP contribution in [-0.4, -0.2) is 30.0 Å². The first-order valence-corrected chi connectivity index (χ1v) is 7.02. The summed E-state index contributed by atoms with van der Waals surface area (Å²) in [5, 5.41) is 11.3. The molecule has 0 spiro atoms. The first-order valence-electron chi connectivity index (χ1n) is 7.02. The fourth-order valence-electron chi connectivity index (χ4n) is 2.19. The Morgan fingerprint density at radius 3 is 2.71 bits per heavy atom. The van der Waals surface area contributed by atoms with Crippen LogP contribution >= 0.6 is 0 Å². The summed E-state index contributed by atoms with van der Waals surface area (Å²) in [6, 6.07) is 5.87. The van der Waals surface area contributed by atoms with Gasteiger partial charge in [-0.3, -0.25) is 10.1 Å². The fraction of sp³-hybridized carbons (Fsp3) is 0.250. The highest BCUT2D eigenvalue weighted by Gasteiger charge is 2.22. The van der Waals surface area contributed by atoms with E-state index in [1.54, 1.807) is 26.1 Å². The predicted molar refractivity (Wildman–Crippen MR) is 85.5 cm³/mol. The second kappa shape index (κ2) is 7.03. The van der Waals surface area contributed by atoms with Gasteiger partial charge in [-0.1, -0.05) is 12.1 Å². The van der Waals surface area contributed by atoms with Gasteiger partial charge in [0.25, 0.3) is 0 Å². The van der Waals surface area contributed by atoms with Crippen LogP contribution in [0.15, 0.2) is 30.5 Å². The molecule has 0 aliphatic heterocycles. The van der Waals surface area contributed by atoms with Crippen molar-refractivity contribution in [2.45, 2.75) is 13.5 Å². The predicted octanol–water partition coefficient (Wildman–Crippen LogP) is 2.86. The third-order valence-corrected chi connectivity index (χ3v) is 3.48. The van der Waals surface area contributed by atoms with Gasteiger partial charge in [0.15, 0.2) is 0 Å². The van der Waals surface area contributed by atoms with Crippen molar-refractivity contribution in [3.63, 3.8) is 0 Å². The minimum absolute atomic E-state index is 0.0114. The molecule has 126 valence electrons. The molecule has 0 saturated carbocycles. The maximum Gasteiger partial charge on any atom is 0.339 e. The number of nitrogens with zero attached hydrogens (tertiary/aromatic N) is 3. The highest BCUT2D eigenvalue weighted by molar-refractivity contribution is 5.90. The highest BCUT2D eigenvalue weighted by Crippen LogP contribution is 2.27. The molecule has 0 amide bonds. The van der Waals surface area contributed by atoms with Gasteiger partial charge in [0.2, 0.25) is 5.82 Å². The minimum Gasteiger partial charge on any atom is -0.465 e. The molecule has 1 aromatic carbocycles. The van der Waals surface area contributed by atoms with E-state index in [0.717, 1.165) is 6.07 Å². The normalized spacial score (nSPS) is 10.3. The monoisotopic (exact) mass is 333 g/mol. The van der Waals surface area contributed by atoms with Gasteiger partial charge in [-0.2, -0.15) is 0 Å². The van der Waals surface area contributed by atoms with Crippen molar-refractivity contribution in [1.29, 1.82) is 0 Å². The fourth-order valence-corrected chi connectivity index (χ4v) is 2.19. The molecule has 1 aromatic heterocycles. The largest absolute Gasteiger partial charge is 0.465 e. The second-order valence-electron chi connectivity index (χ2n) is 5.26. The molecule has 1 heterocycles. The zero-order valence-corrected chi connectivity index (χ0v) is 13.4. The molecule has 7 nitrogen and oxygen atoms in total. The van der Waals surface area contributed by atoms with Crippen LogP contribution in [0, 0.1) is 22.9 Å². The highest BCUT2D eigenvalue weighted by atomic mass is 19.1. The molecule has 0 bridgehead atoms. The van der Waals surface area contributed by atoms with E-state index in [2.05, 4.69) is 9.72 Å². The number of aryl methyl sites for hydroxylation is 1. The molecule has 24 heavy (non-hydrogen) atoms. The summed E-state index contributed by atoms with van der Waals surface area (Å²) < 4.78 is 18.2. The summed E-state index contributed by atoms with van der Waals surface area (Å²) in [6.45, 7) is 1.88. The van der Waals surface area contributed by atoms with Crippen LogP contribution in [-0.2, 0) is 11.3 Å². The summed E-state index contributed by atoms with van der Waals surface area (Å²) in [5.74, 6) is -0.974. The maximum atomic E-state index is 13.6. The summed E-state index contributed by atoms with van der Waals surface area (Å²) >= 11 is 0. The number of aromatic nitrogens is 1. The summed E-state index contributed by atoms with van der Waals surface area (Å²) in [5.41, 5.74) is 0.831. The SMILES string of the molecule is COC(=O)c1cnc(N(C)Cc2ccc(C)c(F)c2)c([N+](=O)[O-])c1. The van der Waals surface area contributed by atoms with Gasteiger partial charge in [0.05, 0.1) is 17.6 Å². The Morgan fingerprint density at radius 2 is 2.12 bits per heavy atom. The quantitative estimate of drug-likeness (QED) is 0.475. The number of esters is 1. The zero-order valence-electron chi connectivity index (χ0n) is 13.4. The lowest BCUT2D eigenvalue weighted by molar-refractivity contribution is -0.384. The summed E-state index contributed by atoms with van der Waals surface area (Å²) in [4.78, 5) is 27.6. The Labute approximate surface area is 137 Å². The van der Waals surface area contributed by atoms with E-state index in [9.17, 15) is 19.3 Å². The smallest absolute Gasteiger partial charge is 0.339 e. The van der Waals surface area contributed by atoms with Gasteiger partial charge in [-0.15, -0.1) is 0 Å². The summed E-state index contributed by atoms with van der Waals surface area (Å²) in [7, 11) is 2.78. The maximum absolute atomic E-state index is 13.6. The van der Waals surface area contributed by atoms with Crippen molar-refractivity contribution in [3.8, 4) is 0 Å². The molecule has 0 atom stereocenters. The first kappa shape index (κ1) is 17.3. The van der Waals surface area contributed by atoms with Crippen LogP contribution in [0.25, 0.3) is 0 Å². The number of carbonyl (C=O) groups excluding carboxylic acids is 1. The molecule has 2 aromatic rings. The molecule has 0 saturated heterocycles. The average molecular weight is 333 g/mol. The third-order valence-electron chi connectivity index (χ3n) is 3.48. The molecule has 8 heteroatoms. The Hall–Kier alpha value is -3.03. The molecule has 0 aliphatic carbocycles. The average Bonchev–Trinajstić information content (AvgIpc) is 2.56. The first-order chi connectivity index (χ1) is 11.3. The topological polar surface area (TPSA) is 85.6 Å². The van der Waals surface area contributed by atoms with Crippen molar-refractivity contribution in [2.24, 2.45) is 0 Å². The van der Waals surface area contributed by atoms with Crippen molar-refractivity contribution < 1.29 is 18.8 Å². The number of benzene rings is 1. The lowest BCUT2D eigenvalue weighted by Gasteiger charge is -2.18. The van der Waals surface area contributed by atoms with Gasteiger partial charge >= 0.3 is 11.7 Å². The molecule has 0 unspecified atom stereocenters. The van der Waals surface area contributed by atoms with Gasteiger partial charge in [0.1, 0.15) is 5.82 Å². The Bertz CT molecular complexity index is 795. The van der Waals surface area contributed by atoms with Crippen molar-refractivity contribution >= 4 is 17.5 Å². The Balaban J connectivity index is 2.33. The third kappa shape index (κ3) is 3.65. The van der Waals surface area contributed by atoms with Crippen LogP contribution < -0.4 is 4.90 Å². The zero-order chi connectivity index (χ0) is 17.9. The molecular formula is C16H16FN3O4. The lowest BCUT2D eigenvalue weighted by Crippen LogP contribution is -2.20. The van der Waals surface area contributed by atoms with E-state index in [1.165, 1.54) is 24.3 Å². The van der Waals surface area contributed by atoms with E-state index < -0.39 is 10.9 Å². The number of hydrogen-bond donors (Lipinski definition) is 0. The number of carbonyl (C=O) groups is 1. The van der Waals surface area contributed by atoms with Gasteiger partial charge in [-0.05, 0) is 24.1 Å². The van der Waals surface area contributed by atoms with Crippen LogP contribution in [0.5, 0.6) is 0 Å². The number of halogens is 1. The Morgan fingerprint density at radius 1 is 1.42 bits per heavy atom. The molecule has 0 radical (unpaired) electrons.